The van der Waals surface area contributed by atoms with Crippen molar-refractivity contribution in [1.29, 1.82) is 0 Å². The molecule has 0 saturated heterocycles. The molecule has 1 aromatic carbocycles. The molecule has 120 valence electrons. The highest BCUT2D eigenvalue weighted by Crippen LogP contribution is 2.46. The second-order valence-corrected chi connectivity index (χ2v) is 7.52. The molecule has 0 fully saturated rings. The number of ether oxygens (including phenoxy) is 2. The Hall–Kier alpha value is -1.70. The van der Waals surface area contributed by atoms with Gasteiger partial charge in [-0.15, -0.1) is 0 Å². The zero-order chi connectivity index (χ0) is 16.5. The van der Waals surface area contributed by atoms with Crippen molar-refractivity contribution in [3.8, 4) is 11.5 Å². The minimum atomic E-state index is -0.0661. The summed E-state index contributed by atoms with van der Waals surface area (Å²) >= 11 is 0. The van der Waals surface area contributed by atoms with Crippen LogP contribution in [0.5, 0.6) is 11.5 Å². The van der Waals surface area contributed by atoms with Gasteiger partial charge >= 0.3 is 0 Å². The lowest BCUT2D eigenvalue weighted by atomic mass is 9.71. The quantitative estimate of drug-likeness (QED) is 0.777. The van der Waals surface area contributed by atoms with Crippen molar-refractivity contribution in [3.05, 3.63) is 47.6 Å². The van der Waals surface area contributed by atoms with Crippen LogP contribution in [0.1, 0.15) is 45.7 Å². The lowest BCUT2D eigenvalue weighted by Gasteiger charge is -2.34. The van der Waals surface area contributed by atoms with Gasteiger partial charge in [-0.1, -0.05) is 58.9 Å². The van der Waals surface area contributed by atoms with Crippen LogP contribution in [0.25, 0.3) is 0 Å². The van der Waals surface area contributed by atoms with E-state index < -0.39 is 0 Å². The van der Waals surface area contributed by atoms with E-state index in [-0.39, 0.29) is 10.8 Å². The second-order valence-electron chi connectivity index (χ2n) is 7.52. The maximum Gasteiger partial charge on any atom is 0.126 e. The van der Waals surface area contributed by atoms with Gasteiger partial charge in [0.15, 0.2) is 0 Å². The smallest absolute Gasteiger partial charge is 0.126 e. The van der Waals surface area contributed by atoms with Crippen LogP contribution in [-0.2, 0) is 10.8 Å². The van der Waals surface area contributed by atoms with Crippen molar-refractivity contribution in [2.75, 3.05) is 14.2 Å². The van der Waals surface area contributed by atoms with Crippen LogP contribution in [0, 0.1) is 5.92 Å². The molecular formula is C20H28O2. The molecule has 0 unspecified atom stereocenters. The fraction of sp³-hybridized carbons (Fsp3) is 0.500. The van der Waals surface area contributed by atoms with Crippen molar-refractivity contribution in [1.82, 2.24) is 0 Å². The van der Waals surface area contributed by atoms with Crippen molar-refractivity contribution in [3.63, 3.8) is 0 Å². The van der Waals surface area contributed by atoms with E-state index in [2.05, 4.69) is 71.1 Å². The Morgan fingerprint density at radius 3 is 1.82 bits per heavy atom. The monoisotopic (exact) mass is 300 g/mol. The molecule has 2 heteroatoms. The molecule has 2 nitrogen and oxygen atoms in total. The summed E-state index contributed by atoms with van der Waals surface area (Å²) in [7, 11) is 3.48. The molecule has 0 atom stereocenters. The summed E-state index contributed by atoms with van der Waals surface area (Å²) in [5, 5.41) is 0. The van der Waals surface area contributed by atoms with Crippen LogP contribution >= 0.6 is 0 Å². The lowest BCUT2D eigenvalue weighted by Crippen LogP contribution is -2.27. The average molecular weight is 300 g/mol. The van der Waals surface area contributed by atoms with E-state index in [0.717, 1.165) is 11.5 Å². The first-order valence-electron chi connectivity index (χ1n) is 7.83. The number of hydrogen-bond acceptors (Lipinski definition) is 2. The van der Waals surface area contributed by atoms with Crippen LogP contribution in [-0.4, -0.2) is 14.2 Å². The topological polar surface area (TPSA) is 18.5 Å². The molecule has 1 aromatic rings. The molecule has 0 amide bonds. The predicted octanol–water partition coefficient (Wildman–Crippen LogP) is 5.02. The highest BCUT2D eigenvalue weighted by molar-refractivity contribution is 5.54. The van der Waals surface area contributed by atoms with Gasteiger partial charge in [-0.25, -0.2) is 0 Å². The Morgan fingerprint density at radius 1 is 0.818 bits per heavy atom. The number of rotatable bonds is 4. The molecule has 2 rings (SSSR count). The van der Waals surface area contributed by atoms with E-state index in [4.69, 9.17) is 9.47 Å². The molecule has 1 aliphatic carbocycles. The average Bonchev–Trinajstić information content (AvgIpc) is 2.99. The van der Waals surface area contributed by atoms with Crippen LogP contribution in [0.4, 0.5) is 0 Å². The molecule has 0 N–H and O–H groups in total. The minimum absolute atomic E-state index is 0.00787. The van der Waals surface area contributed by atoms with Gasteiger partial charge in [0.2, 0.25) is 0 Å². The molecule has 0 radical (unpaired) electrons. The van der Waals surface area contributed by atoms with Gasteiger partial charge in [-0.3, -0.25) is 0 Å². The van der Waals surface area contributed by atoms with E-state index in [1.54, 1.807) is 14.2 Å². The first kappa shape index (κ1) is 16.7. The third-order valence-electron chi connectivity index (χ3n) is 4.59. The maximum absolute atomic E-state index is 5.84. The first-order chi connectivity index (χ1) is 10.2. The minimum Gasteiger partial charge on any atom is -0.497 e. The standard InChI is InChI=1S/C20H28O2/c1-19(2,3)16-12-15(21-6)13-17(18(16)22-7)20(4,5)14-10-8-9-11-14/h8-14H,1-7H3. The number of benzene rings is 1. The molecule has 1 aliphatic rings. The normalized spacial score (nSPS) is 15.4. The Balaban J connectivity index is 2.68. The predicted molar refractivity (Wildman–Crippen MR) is 93.0 cm³/mol. The zero-order valence-corrected chi connectivity index (χ0v) is 14.9. The van der Waals surface area contributed by atoms with Gasteiger partial charge in [0, 0.05) is 22.5 Å². The van der Waals surface area contributed by atoms with Crippen LogP contribution in [0.15, 0.2) is 36.4 Å². The first-order valence-corrected chi connectivity index (χ1v) is 7.83. The van der Waals surface area contributed by atoms with Crippen LogP contribution in [0.2, 0.25) is 0 Å². The third kappa shape index (κ3) is 2.92. The number of methoxy groups -OCH3 is 2. The van der Waals surface area contributed by atoms with Gasteiger partial charge < -0.3 is 9.47 Å². The van der Waals surface area contributed by atoms with Crippen molar-refractivity contribution >= 4 is 0 Å². The summed E-state index contributed by atoms with van der Waals surface area (Å²) in [6, 6.07) is 4.22. The van der Waals surface area contributed by atoms with E-state index in [0.29, 0.717) is 5.92 Å². The molecular weight excluding hydrogens is 272 g/mol. The van der Waals surface area contributed by atoms with Crippen LogP contribution in [0.3, 0.4) is 0 Å². The number of allylic oxidation sites excluding steroid dienone is 4. The van der Waals surface area contributed by atoms with Gasteiger partial charge in [0.25, 0.3) is 0 Å². The summed E-state index contributed by atoms with van der Waals surface area (Å²) < 4.78 is 11.4. The molecule has 0 saturated carbocycles. The molecule has 0 aromatic heterocycles. The molecule has 0 heterocycles. The third-order valence-corrected chi connectivity index (χ3v) is 4.59. The fourth-order valence-corrected chi connectivity index (χ4v) is 3.07. The van der Waals surface area contributed by atoms with Gasteiger partial charge in [-0.05, 0) is 17.5 Å². The second kappa shape index (κ2) is 5.83. The molecule has 0 bridgehead atoms. The highest BCUT2D eigenvalue weighted by atomic mass is 16.5. The zero-order valence-electron chi connectivity index (χ0n) is 14.9. The summed E-state index contributed by atoms with van der Waals surface area (Å²) in [5.41, 5.74) is 2.30. The Bertz CT molecular complexity index is 589. The summed E-state index contributed by atoms with van der Waals surface area (Å²) in [6.07, 6.45) is 8.72. The Kier molecular flexibility index (Phi) is 4.42. The highest BCUT2D eigenvalue weighted by Gasteiger charge is 2.35. The van der Waals surface area contributed by atoms with Crippen molar-refractivity contribution in [2.24, 2.45) is 5.92 Å². The lowest BCUT2D eigenvalue weighted by molar-refractivity contribution is 0.356. The van der Waals surface area contributed by atoms with Gasteiger partial charge in [0.05, 0.1) is 14.2 Å². The van der Waals surface area contributed by atoms with Crippen molar-refractivity contribution < 1.29 is 9.47 Å². The van der Waals surface area contributed by atoms with Crippen molar-refractivity contribution in [2.45, 2.75) is 45.4 Å². The Morgan fingerprint density at radius 2 is 1.36 bits per heavy atom. The van der Waals surface area contributed by atoms with Gasteiger partial charge in [-0.2, -0.15) is 0 Å². The molecule has 0 aliphatic heterocycles. The summed E-state index contributed by atoms with van der Waals surface area (Å²) in [4.78, 5) is 0. The van der Waals surface area contributed by atoms with E-state index in [1.807, 2.05) is 0 Å². The van der Waals surface area contributed by atoms with E-state index in [9.17, 15) is 0 Å². The van der Waals surface area contributed by atoms with E-state index >= 15 is 0 Å². The fourth-order valence-electron chi connectivity index (χ4n) is 3.07. The van der Waals surface area contributed by atoms with E-state index in [1.165, 1.54) is 11.1 Å². The summed E-state index contributed by atoms with van der Waals surface area (Å²) in [6.45, 7) is 11.1. The molecule has 22 heavy (non-hydrogen) atoms. The van der Waals surface area contributed by atoms with Crippen LogP contribution < -0.4 is 9.47 Å². The SMILES string of the molecule is COc1cc(C(C)(C)C)c(OC)c(C(C)(C)C2C=CC=C2)c1. The largest absolute Gasteiger partial charge is 0.497 e. The maximum atomic E-state index is 5.84. The number of hydrogen-bond donors (Lipinski definition) is 0. The van der Waals surface area contributed by atoms with Gasteiger partial charge in [0.1, 0.15) is 11.5 Å². The molecule has 0 spiro atoms. The Labute approximate surface area is 134 Å². The summed E-state index contributed by atoms with van der Waals surface area (Å²) in [5.74, 6) is 2.23.